The van der Waals surface area contributed by atoms with Crippen molar-refractivity contribution in [1.82, 2.24) is 9.88 Å². The molecule has 0 radical (unpaired) electrons. The van der Waals surface area contributed by atoms with Crippen LogP contribution in [0.5, 0.6) is 0 Å². The monoisotopic (exact) mass is 263 g/mol. The lowest BCUT2D eigenvalue weighted by Gasteiger charge is -2.38. The van der Waals surface area contributed by atoms with Gasteiger partial charge in [0.05, 0.1) is 5.56 Å². The van der Waals surface area contributed by atoms with Crippen molar-refractivity contribution in [3.8, 4) is 0 Å². The summed E-state index contributed by atoms with van der Waals surface area (Å²) in [6.07, 6.45) is 5.10. The van der Waals surface area contributed by atoms with Gasteiger partial charge in [0.15, 0.2) is 0 Å². The van der Waals surface area contributed by atoms with Crippen LogP contribution in [0.2, 0.25) is 0 Å². The van der Waals surface area contributed by atoms with Gasteiger partial charge < -0.3 is 10.6 Å². The molecule has 102 valence electrons. The number of pyridine rings is 1. The molecule has 3 rings (SSSR count). The Hall–Kier alpha value is -1.49. The summed E-state index contributed by atoms with van der Waals surface area (Å²) in [6, 6.07) is 1.66. The van der Waals surface area contributed by atoms with Crippen molar-refractivity contribution in [2.24, 2.45) is 11.7 Å². The van der Waals surface area contributed by atoms with Crippen LogP contribution in [0.3, 0.4) is 0 Å². The summed E-state index contributed by atoms with van der Waals surface area (Å²) < 4.78 is 13.2. The summed E-state index contributed by atoms with van der Waals surface area (Å²) in [5, 5.41) is 0. The Morgan fingerprint density at radius 1 is 1.42 bits per heavy atom. The minimum atomic E-state index is -0.508. The van der Waals surface area contributed by atoms with Crippen molar-refractivity contribution in [2.45, 2.75) is 31.7 Å². The average Bonchev–Trinajstić information content (AvgIpc) is 2.56. The Bertz CT molecular complexity index is 505. The molecule has 1 amide bonds. The van der Waals surface area contributed by atoms with E-state index in [1.807, 2.05) is 4.90 Å². The van der Waals surface area contributed by atoms with Crippen LogP contribution in [-0.4, -0.2) is 34.9 Å². The summed E-state index contributed by atoms with van der Waals surface area (Å²) in [6.45, 7) is 1.34. The lowest BCUT2D eigenvalue weighted by molar-refractivity contribution is 0.0541. The molecule has 0 bridgehead atoms. The predicted octanol–water partition coefficient (Wildman–Crippen LogP) is 1.35. The molecule has 3 heterocycles. The number of hydrogen-bond donors (Lipinski definition) is 1. The zero-order valence-electron chi connectivity index (χ0n) is 10.8. The van der Waals surface area contributed by atoms with Crippen LogP contribution in [-0.2, 0) is 6.42 Å². The third-order valence-electron chi connectivity index (χ3n) is 4.33. The van der Waals surface area contributed by atoms with Crippen molar-refractivity contribution in [3.05, 3.63) is 29.3 Å². The first kappa shape index (κ1) is 12.5. The minimum Gasteiger partial charge on any atom is -0.335 e. The van der Waals surface area contributed by atoms with E-state index in [9.17, 15) is 9.18 Å². The summed E-state index contributed by atoms with van der Waals surface area (Å²) in [5.41, 5.74) is 7.07. The number of nitrogens with zero attached hydrogens (tertiary/aromatic N) is 2. The van der Waals surface area contributed by atoms with E-state index < -0.39 is 5.95 Å². The second-order valence-electron chi connectivity index (χ2n) is 5.49. The molecule has 1 fully saturated rings. The number of aryl methyl sites for hydroxylation is 1. The maximum Gasteiger partial charge on any atom is 0.255 e. The number of nitrogens with two attached hydrogens (primary N) is 1. The molecule has 2 aliphatic heterocycles. The van der Waals surface area contributed by atoms with Crippen LogP contribution in [0.25, 0.3) is 0 Å². The fraction of sp³-hybridized carbons (Fsp3) is 0.571. The van der Waals surface area contributed by atoms with Gasteiger partial charge in [-0.1, -0.05) is 0 Å². The maximum absolute atomic E-state index is 13.2. The van der Waals surface area contributed by atoms with Crippen LogP contribution in [0.4, 0.5) is 4.39 Å². The van der Waals surface area contributed by atoms with E-state index in [0.717, 1.165) is 37.8 Å². The van der Waals surface area contributed by atoms with Gasteiger partial charge in [0.1, 0.15) is 0 Å². The van der Waals surface area contributed by atoms with Crippen LogP contribution in [0.15, 0.2) is 12.3 Å². The second-order valence-corrected chi connectivity index (χ2v) is 5.49. The molecule has 2 atom stereocenters. The number of hydrogen-bond acceptors (Lipinski definition) is 3. The van der Waals surface area contributed by atoms with Crippen molar-refractivity contribution in [2.75, 3.05) is 13.1 Å². The molecular weight excluding hydrogens is 245 g/mol. The van der Waals surface area contributed by atoms with E-state index in [4.69, 9.17) is 5.73 Å². The molecule has 0 aliphatic carbocycles. The first-order chi connectivity index (χ1) is 9.19. The highest BCUT2D eigenvalue weighted by Crippen LogP contribution is 2.30. The van der Waals surface area contributed by atoms with Gasteiger partial charge >= 0.3 is 0 Å². The minimum absolute atomic E-state index is 0.0110. The van der Waals surface area contributed by atoms with Gasteiger partial charge in [0.2, 0.25) is 5.95 Å². The normalized spacial score (nSPS) is 26.6. The number of piperidine rings is 1. The van der Waals surface area contributed by atoms with E-state index in [1.165, 1.54) is 12.3 Å². The summed E-state index contributed by atoms with van der Waals surface area (Å²) in [7, 11) is 0. The zero-order valence-corrected chi connectivity index (χ0v) is 10.8. The largest absolute Gasteiger partial charge is 0.335 e. The molecule has 5 heteroatoms. The van der Waals surface area contributed by atoms with Crippen LogP contribution < -0.4 is 5.73 Å². The van der Waals surface area contributed by atoms with Gasteiger partial charge in [-0.05, 0) is 49.8 Å². The van der Waals surface area contributed by atoms with Crippen molar-refractivity contribution in [1.29, 1.82) is 0 Å². The Kier molecular flexibility index (Phi) is 3.22. The zero-order chi connectivity index (χ0) is 13.4. The van der Waals surface area contributed by atoms with E-state index in [1.54, 1.807) is 0 Å². The van der Waals surface area contributed by atoms with Gasteiger partial charge in [-0.15, -0.1) is 0 Å². The number of amides is 1. The molecule has 2 aliphatic rings. The molecule has 19 heavy (non-hydrogen) atoms. The number of rotatable bonds is 1. The Morgan fingerprint density at radius 3 is 3.05 bits per heavy atom. The van der Waals surface area contributed by atoms with Crippen molar-refractivity contribution < 1.29 is 9.18 Å². The molecular formula is C14H18FN3O. The van der Waals surface area contributed by atoms with Gasteiger partial charge in [-0.3, -0.25) is 4.79 Å². The number of carbonyl (C=O) groups excluding carboxylic acids is 1. The third kappa shape index (κ3) is 2.23. The molecule has 2 N–H and O–H groups in total. The molecule has 1 aromatic heterocycles. The summed E-state index contributed by atoms with van der Waals surface area (Å²) in [5.74, 6) is -0.135. The van der Waals surface area contributed by atoms with E-state index in [-0.39, 0.29) is 11.9 Å². The lowest BCUT2D eigenvalue weighted by atomic mass is 9.91. The molecule has 0 aromatic carbocycles. The molecule has 4 nitrogen and oxygen atoms in total. The molecule has 1 aromatic rings. The summed E-state index contributed by atoms with van der Waals surface area (Å²) >= 11 is 0. The quantitative estimate of drug-likeness (QED) is 0.778. The van der Waals surface area contributed by atoms with Crippen molar-refractivity contribution in [3.63, 3.8) is 0 Å². The Labute approximate surface area is 111 Å². The van der Waals surface area contributed by atoms with Crippen molar-refractivity contribution >= 4 is 5.91 Å². The number of halogens is 1. The number of fused-ring (bicyclic) bond motifs is 2. The highest BCUT2D eigenvalue weighted by Gasteiger charge is 2.34. The Morgan fingerprint density at radius 2 is 2.26 bits per heavy atom. The smallest absolute Gasteiger partial charge is 0.255 e. The van der Waals surface area contributed by atoms with Crippen LogP contribution >= 0.6 is 0 Å². The maximum atomic E-state index is 13.2. The predicted molar refractivity (Wildman–Crippen MR) is 69.1 cm³/mol. The van der Waals surface area contributed by atoms with E-state index >= 15 is 0 Å². The Balaban J connectivity index is 1.93. The molecule has 2 unspecified atom stereocenters. The van der Waals surface area contributed by atoms with Crippen LogP contribution in [0.1, 0.15) is 35.2 Å². The fourth-order valence-corrected chi connectivity index (χ4v) is 3.19. The average molecular weight is 263 g/mol. The topological polar surface area (TPSA) is 59.2 Å². The number of carbonyl (C=O) groups is 1. The standard InChI is InChI=1S/C14H18FN3O/c15-13-5-10-2-4-11-3-1-9(6-16)8-18(11)14(19)12(10)7-17-13/h5,7,9,11H,1-4,6,8,16H2. The highest BCUT2D eigenvalue weighted by molar-refractivity contribution is 5.96. The van der Waals surface area contributed by atoms with Gasteiger partial charge in [0.25, 0.3) is 5.91 Å². The third-order valence-corrected chi connectivity index (χ3v) is 4.33. The van der Waals surface area contributed by atoms with E-state index in [2.05, 4.69) is 4.98 Å². The summed E-state index contributed by atoms with van der Waals surface area (Å²) in [4.78, 5) is 18.1. The van der Waals surface area contributed by atoms with Gasteiger partial charge in [0, 0.05) is 18.8 Å². The molecule has 0 saturated carbocycles. The van der Waals surface area contributed by atoms with E-state index in [0.29, 0.717) is 18.0 Å². The number of aromatic nitrogens is 1. The SMILES string of the molecule is NCC1CCC2CCc3cc(F)ncc3C(=O)N2C1. The highest BCUT2D eigenvalue weighted by atomic mass is 19.1. The second kappa shape index (κ2) is 4.89. The van der Waals surface area contributed by atoms with Gasteiger partial charge in [-0.2, -0.15) is 4.39 Å². The molecule has 0 spiro atoms. The first-order valence-electron chi connectivity index (χ1n) is 6.84. The van der Waals surface area contributed by atoms with Gasteiger partial charge in [-0.25, -0.2) is 4.98 Å². The first-order valence-corrected chi connectivity index (χ1v) is 6.84. The van der Waals surface area contributed by atoms with Crippen LogP contribution in [0, 0.1) is 11.9 Å². The fourth-order valence-electron chi connectivity index (χ4n) is 3.19. The molecule has 1 saturated heterocycles. The lowest BCUT2D eigenvalue weighted by Crippen LogP contribution is -2.47.